The van der Waals surface area contributed by atoms with Gasteiger partial charge in [0.15, 0.2) is 0 Å². The Morgan fingerprint density at radius 3 is 2.20 bits per heavy atom. The summed E-state index contributed by atoms with van der Waals surface area (Å²) in [7, 11) is 3.27. The third-order valence-electron chi connectivity index (χ3n) is 2.37. The molecule has 0 aromatic heterocycles. The van der Waals surface area contributed by atoms with E-state index in [0.29, 0.717) is 6.42 Å². The summed E-state index contributed by atoms with van der Waals surface area (Å²) in [6.45, 7) is 5.08. The van der Waals surface area contributed by atoms with Gasteiger partial charge in [0.05, 0.1) is 0 Å². The van der Waals surface area contributed by atoms with Gasteiger partial charge in [-0.2, -0.15) is 0 Å². The first kappa shape index (κ1) is 18.2. The van der Waals surface area contributed by atoms with Crippen molar-refractivity contribution in [3.63, 3.8) is 0 Å². The number of carboxylic acid groups (broad SMARTS) is 1. The zero-order valence-electron chi connectivity index (χ0n) is 12.7. The highest BCUT2D eigenvalue weighted by molar-refractivity contribution is 5.80. The van der Waals surface area contributed by atoms with Gasteiger partial charge in [-0.3, -0.25) is 4.79 Å². The van der Waals surface area contributed by atoms with Gasteiger partial charge in [0.25, 0.3) is 0 Å². The lowest BCUT2D eigenvalue weighted by atomic mass is 10.1. The maximum atomic E-state index is 11.5. The first-order chi connectivity index (χ1) is 9.03. The Morgan fingerprint density at radius 1 is 1.25 bits per heavy atom. The second kappa shape index (κ2) is 7.72. The predicted octanol–water partition coefficient (Wildman–Crippen LogP) is 1.22. The molecule has 20 heavy (non-hydrogen) atoms. The second-order valence-electron chi connectivity index (χ2n) is 5.72. The molecular formula is C13H24N2O5. The fourth-order valence-corrected chi connectivity index (χ4v) is 1.39. The van der Waals surface area contributed by atoms with Crippen molar-refractivity contribution in [2.24, 2.45) is 0 Å². The molecule has 0 unspecified atom stereocenters. The van der Waals surface area contributed by atoms with Crippen molar-refractivity contribution in [1.82, 2.24) is 10.2 Å². The van der Waals surface area contributed by atoms with Crippen molar-refractivity contribution in [3.05, 3.63) is 0 Å². The van der Waals surface area contributed by atoms with Gasteiger partial charge in [0.2, 0.25) is 5.91 Å². The van der Waals surface area contributed by atoms with Gasteiger partial charge < -0.3 is 20.1 Å². The molecule has 0 rings (SSSR count). The number of rotatable bonds is 6. The lowest BCUT2D eigenvalue weighted by Gasteiger charge is -2.22. The van der Waals surface area contributed by atoms with Crippen molar-refractivity contribution in [2.45, 2.75) is 51.7 Å². The highest BCUT2D eigenvalue weighted by atomic mass is 16.6. The fourth-order valence-electron chi connectivity index (χ4n) is 1.39. The van der Waals surface area contributed by atoms with E-state index in [0.717, 1.165) is 0 Å². The Hall–Kier alpha value is -1.79. The summed E-state index contributed by atoms with van der Waals surface area (Å²) < 4.78 is 5.00. The van der Waals surface area contributed by atoms with Crippen LogP contribution in [-0.4, -0.2) is 53.7 Å². The predicted molar refractivity (Wildman–Crippen MR) is 73.3 cm³/mol. The summed E-state index contributed by atoms with van der Waals surface area (Å²) in [6.07, 6.45) is 0.0221. The van der Waals surface area contributed by atoms with Crippen LogP contribution >= 0.6 is 0 Å². The lowest BCUT2D eigenvalue weighted by Crippen LogP contribution is -2.43. The van der Waals surface area contributed by atoms with Crippen LogP contribution in [0.5, 0.6) is 0 Å². The van der Waals surface area contributed by atoms with Crippen molar-refractivity contribution >= 4 is 18.0 Å². The standard InChI is InChI=1S/C13H24N2O5/c1-13(2,3)20-12(19)14-9(11(17)18)7-6-8-10(16)15(4)5/h9H,6-8H2,1-5H3,(H,14,19)(H,17,18)/t9-/m0/s1. The van der Waals surface area contributed by atoms with E-state index in [1.54, 1.807) is 34.9 Å². The molecule has 0 aliphatic rings. The Balaban J connectivity index is 4.28. The first-order valence-electron chi connectivity index (χ1n) is 6.45. The van der Waals surface area contributed by atoms with Crippen LogP contribution < -0.4 is 5.32 Å². The summed E-state index contributed by atoms with van der Waals surface area (Å²) in [6, 6.07) is -1.06. The minimum atomic E-state index is -1.15. The molecule has 0 heterocycles. The smallest absolute Gasteiger partial charge is 0.408 e. The molecule has 0 aliphatic heterocycles. The summed E-state index contributed by atoms with van der Waals surface area (Å²) in [5, 5.41) is 11.3. The van der Waals surface area contributed by atoms with Crippen LogP contribution in [0.3, 0.4) is 0 Å². The average Bonchev–Trinajstić information content (AvgIpc) is 2.24. The largest absolute Gasteiger partial charge is 0.480 e. The molecule has 2 amide bonds. The Kier molecular flexibility index (Phi) is 7.02. The molecule has 0 aromatic carbocycles. The van der Waals surface area contributed by atoms with Crippen molar-refractivity contribution in [2.75, 3.05) is 14.1 Å². The lowest BCUT2D eigenvalue weighted by molar-refractivity contribution is -0.140. The van der Waals surface area contributed by atoms with Crippen LogP contribution in [-0.2, 0) is 14.3 Å². The van der Waals surface area contributed by atoms with Gasteiger partial charge in [-0.05, 0) is 33.6 Å². The molecule has 0 radical (unpaired) electrons. The zero-order chi connectivity index (χ0) is 15.9. The van der Waals surface area contributed by atoms with Crippen molar-refractivity contribution < 1.29 is 24.2 Å². The van der Waals surface area contributed by atoms with Gasteiger partial charge >= 0.3 is 12.1 Å². The van der Waals surface area contributed by atoms with E-state index in [4.69, 9.17) is 9.84 Å². The molecule has 0 aromatic rings. The van der Waals surface area contributed by atoms with E-state index in [1.165, 1.54) is 4.90 Å². The number of carbonyl (C=O) groups is 3. The van der Waals surface area contributed by atoms with E-state index in [1.807, 2.05) is 0 Å². The van der Waals surface area contributed by atoms with E-state index < -0.39 is 23.7 Å². The van der Waals surface area contributed by atoms with Crippen molar-refractivity contribution in [1.29, 1.82) is 0 Å². The second-order valence-corrected chi connectivity index (χ2v) is 5.72. The zero-order valence-corrected chi connectivity index (χ0v) is 12.7. The topological polar surface area (TPSA) is 95.9 Å². The number of nitrogens with one attached hydrogen (secondary N) is 1. The number of aliphatic carboxylic acids is 1. The molecule has 7 heteroatoms. The maximum absolute atomic E-state index is 11.5. The molecule has 7 nitrogen and oxygen atoms in total. The third-order valence-corrected chi connectivity index (χ3v) is 2.37. The molecule has 0 saturated carbocycles. The average molecular weight is 288 g/mol. The molecule has 2 N–H and O–H groups in total. The van der Waals surface area contributed by atoms with E-state index in [9.17, 15) is 14.4 Å². The van der Waals surface area contributed by atoms with Crippen molar-refractivity contribution in [3.8, 4) is 0 Å². The van der Waals surface area contributed by atoms with Gasteiger partial charge in [-0.15, -0.1) is 0 Å². The van der Waals surface area contributed by atoms with Crippen LogP contribution in [0.25, 0.3) is 0 Å². The highest BCUT2D eigenvalue weighted by Gasteiger charge is 2.23. The molecule has 1 atom stereocenters. The summed E-state index contributed by atoms with van der Waals surface area (Å²) in [4.78, 5) is 35.4. The van der Waals surface area contributed by atoms with Gasteiger partial charge in [-0.1, -0.05) is 0 Å². The van der Waals surface area contributed by atoms with Crippen LogP contribution in [0.2, 0.25) is 0 Å². The normalized spacial score (nSPS) is 12.4. The molecule has 116 valence electrons. The molecule has 0 aliphatic carbocycles. The van der Waals surface area contributed by atoms with Crippen LogP contribution in [0.15, 0.2) is 0 Å². The van der Waals surface area contributed by atoms with Gasteiger partial charge in [-0.25, -0.2) is 9.59 Å². The number of carboxylic acids is 1. The number of hydrogen-bond donors (Lipinski definition) is 2. The fraction of sp³-hybridized carbons (Fsp3) is 0.769. The minimum Gasteiger partial charge on any atom is -0.480 e. The summed E-state index contributed by atoms with van der Waals surface area (Å²) in [5.74, 6) is -1.22. The maximum Gasteiger partial charge on any atom is 0.408 e. The number of amides is 2. The molecular weight excluding hydrogens is 264 g/mol. The number of carbonyl (C=O) groups excluding carboxylic acids is 2. The SMILES string of the molecule is CN(C)C(=O)CCC[C@H](NC(=O)OC(C)(C)C)C(=O)O. The van der Waals surface area contributed by atoms with Crippen LogP contribution in [0.1, 0.15) is 40.0 Å². The van der Waals surface area contributed by atoms with Gasteiger partial charge in [0.1, 0.15) is 11.6 Å². The Bertz CT molecular complexity index is 360. The third kappa shape index (κ3) is 8.34. The van der Waals surface area contributed by atoms with Gasteiger partial charge in [0, 0.05) is 20.5 Å². The van der Waals surface area contributed by atoms with E-state index >= 15 is 0 Å². The molecule has 0 bridgehead atoms. The Labute approximate surface area is 119 Å². The number of ether oxygens (including phenoxy) is 1. The first-order valence-corrected chi connectivity index (χ1v) is 6.45. The monoisotopic (exact) mass is 288 g/mol. The van der Waals surface area contributed by atoms with Crippen LogP contribution in [0.4, 0.5) is 4.79 Å². The number of alkyl carbamates (subject to hydrolysis) is 1. The van der Waals surface area contributed by atoms with E-state index in [2.05, 4.69) is 5.32 Å². The quantitative estimate of drug-likeness (QED) is 0.766. The summed E-state index contributed by atoms with van der Waals surface area (Å²) >= 11 is 0. The highest BCUT2D eigenvalue weighted by Crippen LogP contribution is 2.08. The summed E-state index contributed by atoms with van der Waals surface area (Å²) in [5.41, 5.74) is -0.686. The minimum absolute atomic E-state index is 0.0774. The Morgan fingerprint density at radius 2 is 1.80 bits per heavy atom. The molecule has 0 spiro atoms. The van der Waals surface area contributed by atoms with Crippen LogP contribution in [0, 0.1) is 0 Å². The van der Waals surface area contributed by atoms with E-state index in [-0.39, 0.29) is 18.7 Å². The number of nitrogens with zero attached hydrogens (tertiary/aromatic N) is 1. The molecule has 0 saturated heterocycles. The number of hydrogen-bond acceptors (Lipinski definition) is 4. The molecule has 0 fully saturated rings.